The molecule has 0 aliphatic carbocycles. The van der Waals surface area contributed by atoms with E-state index >= 15 is 0 Å². The maximum atomic E-state index is 10.3. The molecule has 4 nitrogen and oxygen atoms in total. The van der Waals surface area contributed by atoms with E-state index in [1.165, 1.54) is 0 Å². The second-order valence-electron chi connectivity index (χ2n) is 2.37. The van der Waals surface area contributed by atoms with Gasteiger partial charge in [0.05, 0.1) is 0 Å². The van der Waals surface area contributed by atoms with Gasteiger partial charge < -0.3 is 11.6 Å². The van der Waals surface area contributed by atoms with Crippen molar-refractivity contribution in [3.8, 4) is 0 Å². The van der Waals surface area contributed by atoms with Crippen LogP contribution in [0.5, 0.6) is 0 Å². The summed E-state index contributed by atoms with van der Waals surface area (Å²) in [6.07, 6.45) is 1.68. The molecule has 2 N–H and O–H groups in total. The molecule has 0 bridgehead atoms. The minimum Gasteiger partial charge on any atom is -1.00 e. The first-order chi connectivity index (χ1) is 5.09. The SMILES string of the molecule is CCCCC(C(=O)O)C(=O)O.[H-].[K+]. The van der Waals surface area contributed by atoms with Gasteiger partial charge in [-0.15, -0.1) is 0 Å². The van der Waals surface area contributed by atoms with E-state index in [0.717, 1.165) is 6.42 Å². The van der Waals surface area contributed by atoms with Crippen LogP contribution in [0.2, 0.25) is 0 Å². The second kappa shape index (κ2) is 8.19. The summed E-state index contributed by atoms with van der Waals surface area (Å²) in [6.45, 7) is 1.89. The van der Waals surface area contributed by atoms with Crippen LogP contribution in [0.25, 0.3) is 0 Å². The fourth-order valence-electron chi connectivity index (χ4n) is 0.761. The molecule has 0 rings (SSSR count). The van der Waals surface area contributed by atoms with Gasteiger partial charge in [-0.25, -0.2) is 0 Å². The van der Waals surface area contributed by atoms with E-state index in [0.29, 0.717) is 6.42 Å². The number of carbonyl (C=O) groups is 2. The summed E-state index contributed by atoms with van der Waals surface area (Å²) in [5.74, 6) is -3.72. The molecule has 0 radical (unpaired) electrons. The zero-order valence-electron chi connectivity index (χ0n) is 8.41. The van der Waals surface area contributed by atoms with E-state index < -0.39 is 17.9 Å². The Morgan fingerprint density at radius 2 is 1.75 bits per heavy atom. The summed E-state index contributed by atoms with van der Waals surface area (Å²) in [4.78, 5) is 20.5. The van der Waals surface area contributed by atoms with Crippen molar-refractivity contribution in [3.05, 3.63) is 0 Å². The molecule has 0 aromatic rings. The van der Waals surface area contributed by atoms with Crippen molar-refractivity contribution in [3.63, 3.8) is 0 Å². The number of rotatable bonds is 5. The fourth-order valence-corrected chi connectivity index (χ4v) is 0.761. The Bertz CT molecular complexity index is 149. The molecular formula is C7H13KO4. The minimum absolute atomic E-state index is 0. The van der Waals surface area contributed by atoms with Crippen LogP contribution in [0.4, 0.5) is 0 Å². The average molecular weight is 200 g/mol. The van der Waals surface area contributed by atoms with E-state index in [9.17, 15) is 9.59 Å². The van der Waals surface area contributed by atoms with E-state index in [4.69, 9.17) is 10.2 Å². The van der Waals surface area contributed by atoms with Crippen LogP contribution in [0, 0.1) is 5.92 Å². The van der Waals surface area contributed by atoms with Gasteiger partial charge in [-0.05, 0) is 6.42 Å². The van der Waals surface area contributed by atoms with Crippen molar-refractivity contribution in [2.45, 2.75) is 26.2 Å². The number of hydrogen-bond donors (Lipinski definition) is 2. The summed E-state index contributed by atoms with van der Waals surface area (Å²) in [7, 11) is 0. The average Bonchev–Trinajstić information content (AvgIpc) is 1.87. The first kappa shape index (κ1) is 15.1. The van der Waals surface area contributed by atoms with Gasteiger partial charge in [0.15, 0.2) is 5.92 Å². The predicted octanol–water partition coefficient (Wildman–Crippen LogP) is -1.92. The third kappa shape index (κ3) is 6.13. The van der Waals surface area contributed by atoms with Crippen LogP contribution >= 0.6 is 0 Å². The standard InChI is InChI=1S/C7H12O4.K.H/c1-2-3-4-5(6(8)9)7(10)11;;/h5H,2-4H2,1H3,(H,8,9)(H,10,11);;/q;+1;-1. The summed E-state index contributed by atoms with van der Waals surface area (Å²) < 4.78 is 0. The topological polar surface area (TPSA) is 74.6 Å². The maximum Gasteiger partial charge on any atom is 1.00 e. The first-order valence-electron chi connectivity index (χ1n) is 3.55. The molecule has 12 heavy (non-hydrogen) atoms. The molecular weight excluding hydrogens is 187 g/mol. The van der Waals surface area contributed by atoms with E-state index in [1.807, 2.05) is 6.92 Å². The third-order valence-electron chi connectivity index (χ3n) is 1.44. The number of carboxylic acids is 2. The molecule has 0 atom stereocenters. The largest absolute Gasteiger partial charge is 1.00 e. The van der Waals surface area contributed by atoms with Gasteiger partial charge in [-0.1, -0.05) is 19.8 Å². The fraction of sp³-hybridized carbons (Fsp3) is 0.714. The van der Waals surface area contributed by atoms with Crippen molar-refractivity contribution in [1.29, 1.82) is 0 Å². The molecule has 0 aromatic carbocycles. The summed E-state index contributed by atoms with van der Waals surface area (Å²) in [6, 6.07) is 0. The molecule has 5 heteroatoms. The molecule has 0 saturated carbocycles. The van der Waals surface area contributed by atoms with Gasteiger partial charge in [0, 0.05) is 0 Å². The Labute approximate surface area is 115 Å². The van der Waals surface area contributed by atoms with Gasteiger partial charge >= 0.3 is 63.3 Å². The van der Waals surface area contributed by atoms with Gasteiger partial charge in [0.1, 0.15) is 0 Å². The van der Waals surface area contributed by atoms with Crippen molar-refractivity contribution < 1.29 is 72.6 Å². The van der Waals surface area contributed by atoms with E-state index in [1.54, 1.807) is 0 Å². The summed E-state index contributed by atoms with van der Waals surface area (Å²) in [5.41, 5.74) is 0. The number of aliphatic carboxylic acids is 2. The zero-order valence-corrected chi connectivity index (χ0v) is 10.5. The van der Waals surface area contributed by atoms with Crippen molar-refractivity contribution >= 4 is 11.9 Å². The quantitative estimate of drug-likeness (QED) is 0.401. The van der Waals surface area contributed by atoms with Crippen LogP contribution in [0.3, 0.4) is 0 Å². The molecule has 0 heterocycles. The van der Waals surface area contributed by atoms with Crippen LogP contribution in [-0.4, -0.2) is 22.2 Å². The molecule has 0 aromatic heterocycles. The Balaban J connectivity index is -0.000000500. The predicted molar refractivity (Wildman–Crippen MR) is 39.4 cm³/mol. The van der Waals surface area contributed by atoms with Gasteiger partial charge in [-0.2, -0.15) is 0 Å². The Morgan fingerprint density at radius 1 is 1.33 bits per heavy atom. The molecule has 0 unspecified atom stereocenters. The number of carboxylic acid groups (broad SMARTS) is 2. The molecule has 66 valence electrons. The first-order valence-corrected chi connectivity index (χ1v) is 3.55. The Morgan fingerprint density at radius 3 is 2.00 bits per heavy atom. The number of hydrogen-bond acceptors (Lipinski definition) is 2. The molecule has 0 amide bonds. The molecule has 0 aliphatic heterocycles. The zero-order chi connectivity index (χ0) is 8.85. The second-order valence-corrected chi connectivity index (χ2v) is 2.37. The van der Waals surface area contributed by atoms with Crippen LogP contribution < -0.4 is 51.4 Å². The van der Waals surface area contributed by atoms with Gasteiger partial charge in [0.25, 0.3) is 0 Å². The van der Waals surface area contributed by atoms with Gasteiger partial charge in [-0.3, -0.25) is 9.59 Å². The number of unbranched alkanes of at least 4 members (excludes halogenated alkanes) is 1. The van der Waals surface area contributed by atoms with Crippen LogP contribution in [-0.2, 0) is 9.59 Å². The summed E-state index contributed by atoms with van der Waals surface area (Å²) in [5, 5.41) is 16.8. The minimum atomic E-state index is -1.24. The van der Waals surface area contributed by atoms with Gasteiger partial charge in [0.2, 0.25) is 0 Å². The molecule has 0 saturated heterocycles. The summed E-state index contributed by atoms with van der Waals surface area (Å²) >= 11 is 0. The van der Waals surface area contributed by atoms with Crippen molar-refractivity contribution in [2.24, 2.45) is 5.92 Å². The smallest absolute Gasteiger partial charge is 1.00 e. The Hall–Kier alpha value is 0.576. The molecule has 0 fully saturated rings. The maximum absolute atomic E-state index is 10.3. The van der Waals surface area contributed by atoms with Crippen LogP contribution in [0.15, 0.2) is 0 Å². The molecule has 0 aliphatic rings. The van der Waals surface area contributed by atoms with Crippen molar-refractivity contribution in [2.75, 3.05) is 0 Å². The van der Waals surface area contributed by atoms with E-state index in [2.05, 4.69) is 0 Å². The molecule has 0 spiro atoms. The van der Waals surface area contributed by atoms with Crippen molar-refractivity contribution in [1.82, 2.24) is 0 Å². The monoisotopic (exact) mass is 200 g/mol. The van der Waals surface area contributed by atoms with E-state index in [-0.39, 0.29) is 59.2 Å². The third-order valence-corrected chi connectivity index (χ3v) is 1.44. The van der Waals surface area contributed by atoms with Crippen LogP contribution in [0.1, 0.15) is 27.6 Å². The Kier molecular flexibility index (Phi) is 10.3. The normalized spacial score (nSPS) is 9.17.